The lowest BCUT2D eigenvalue weighted by Gasteiger charge is -2.28. The van der Waals surface area contributed by atoms with Gasteiger partial charge in [0.15, 0.2) is 0 Å². The lowest BCUT2D eigenvalue weighted by atomic mass is 9.98. The lowest BCUT2D eigenvalue weighted by molar-refractivity contribution is -0.124. The van der Waals surface area contributed by atoms with Crippen LogP contribution in [0.1, 0.15) is 52.6 Å². The summed E-state index contributed by atoms with van der Waals surface area (Å²) in [7, 11) is 0. The average molecular weight is 312 g/mol. The molecular weight excluding hydrogens is 284 g/mol. The van der Waals surface area contributed by atoms with Gasteiger partial charge >= 0.3 is 0 Å². The van der Waals surface area contributed by atoms with E-state index in [4.69, 9.17) is 0 Å². The van der Waals surface area contributed by atoms with E-state index in [1.54, 1.807) is 0 Å². The molecule has 0 saturated carbocycles. The van der Waals surface area contributed by atoms with Crippen LogP contribution in [0.2, 0.25) is 0 Å². The summed E-state index contributed by atoms with van der Waals surface area (Å²) in [4.78, 5) is 12.4. The van der Waals surface area contributed by atoms with Gasteiger partial charge < -0.3 is 5.32 Å². The zero-order valence-electron chi connectivity index (χ0n) is 14.8. The second-order valence-electron chi connectivity index (χ2n) is 6.91. The standard InChI is InChI=1S/C20H28N2O/c1-6-20(4,5)22-19(23)15(3)21-14(2)17-13-9-11-16-10-7-8-12-18(16)17/h7-15,21H,6H2,1-5H3,(H,22,23). The highest BCUT2D eigenvalue weighted by Crippen LogP contribution is 2.24. The minimum Gasteiger partial charge on any atom is -0.350 e. The van der Waals surface area contributed by atoms with E-state index in [0.29, 0.717) is 0 Å². The molecule has 0 aromatic heterocycles. The average Bonchev–Trinajstić information content (AvgIpc) is 2.53. The van der Waals surface area contributed by atoms with Crippen molar-refractivity contribution in [2.24, 2.45) is 0 Å². The number of carbonyl (C=O) groups excluding carboxylic acids is 1. The highest BCUT2D eigenvalue weighted by atomic mass is 16.2. The van der Waals surface area contributed by atoms with Gasteiger partial charge in [-0.3, -0.25) is 10.1 Å². The van der Waals surface area contributed by atoms with Crippen LogP contribution in [0.15, 0.2) is 42.5 Å². The Morgan fingerprint density at radius 2 is 1.74 bits per heavy atom. The molecule has 0 radical (unpaired) electrons. The summed E-state index contributed by atoms with van der Waals surface area (Å²) in [5.41, 5.74) is 1.05. The quantitative estimate of drug-likeness (QED) is 0.840. The molecule has 3 nitrogen and oxygen atoms in total. The van der Waals surface area contributed by atoms with Crippen LogP contribution in [0, 0.1) is 0 Å². The summed E-state index contributed by atoms with van der Waals surface area (Å²) in [6.07, 6.45) is 0.907. The van der Waals surface area contributed by atoms with Gasteiger partial charge in [-0.2, -0.15) is 0 Å². The maximum atomic E-state index is 12.4. The van der Waals surface area contributed by atoms with Crippen molar-refractivity contribution >= 4 is 16.7 Å². The molecule has 2 aromatic rings. The topological polar surface area (TPSA) is 41.1 Å². The predicted molar refractivity (Wildman–Crippen MR) is 97.5 cm³/mol. The summed E-state index contributed by atoms with van der Waals surface area (Å²) in [6.45, 7) is 10.2. The van der Waals surface area contributed by atoms with Crippen molar-refractivity contribution in [3.63, 3.8) is 0 Å². The van der Waals surface area contributed by atoms with Gasteiger partial charge in [0.25, 0.3) is 0 Å². The van der Waals surface area contributed by atoms with Gasteiger partial charge in [0.1, 0.15) is 0 Å². The molecule has 0 aliphatic rings. The third-order valence-electron chi connectivity index (χ3n) is 4.53. The maximum Gasteiger partial charge on any atom is 0.237 e. The Labute approximate surface area is 139 Å². The first-order chi connectivity index (χ1) is 10.8. The number of hydrogen-bond donors (Lipinski definition) is 2. The molecule has 0 spiro atoms. The summed E-state index contributed by atoms with van der Waals surface area (Å²) in [5.74, 6) is 0.0453. The third kappa shape index (κ3) is 4.32. The molecule has 23 heavy (non-hydrogen) atoms. The van der Waals surface area contributed by atoms with Gasteiger partial charge in [0.05, 0.1) is 6.04 Å². The third-order valence-corrected chi connectivity index (χ3v) is 4.53. The van der Waals surface area contributed by atoms with Crippen LogP contribution in [0.3, 0.4) is 0 Å². The Bertz CT molecular complexity index is 673. The van der Waals surface area contributed by atoms with Crippen LogP contribution >= 0.6 is 0 Å². The SMILES string of the molecule is CCC(C)(C)NC(=O)C(C)NC(C)c1cccc2ccccc12. The molecule has 0 aliphatic heterocycles. The molecule has 0 aliphatic carbocycles. The van der Waals surface area contributed by atoms with E-state index in [1.165, 1.54) is 16.3 Å². The van der Waals surface area contributed by atoms with E-state index in [2.05, 4.69) is 60.9 Å². The Kier molecular flexibility index (Phi) is 5.42. The van der Waals surface area contributed by atoms with E-state index in [-0.39, 0.29) is 23.5 Å². The van der Waals surface area contributed by atoms with Crippen LogP contribution < -0.4 is 10.6 Å². The van der Waals surface area contributed by atoms with Crippen LogP contribution in [0.4, 0.5) is 0 Å². The van der Waals surface area contributed by atoms with Gasteiger partial charge in [-0.15, -0.1) is 0 Å². The number of fused-ring (bicyclic) bond motifs is 1. The number of nitrogens with one attached hydrogen (secondary N) is 2. The number of benzene rings is 2. The second kappa shape index (κ2) is 7.14. The first kappa shape index (κ1) is 17.5. The van der Waals surface area contributed by atoms with Crippen LogP contribution in [0.25, 0.3) is 10.8 Å². The van der Waals surface area contributed by atoms with Crippen molar-refractivity contribution in [2.45, 2.75) is 58.7 Å². The molecule has 0 heterocycles. The molecule has 2 aromatic carbocycles. The lowest BCUT2D eigenvalue weighted by Crippen LogP contribution is -2.51. The minimum absolute atomic E-state index is 0.0453. The summed E-state index contributed by atoms with van der Waals surface area (Å²) < 4.78 is 0. The smallest absolute Gasteiger partial charge is 0.237 e. The van der Waals surface area contributed by atoms with Crippen molar-refractivity contribution < 1.29 is 4.79 Å². The predicted octanol–water partition coefficient (Wildman–Crippen LogP) is 4.18. The van der Waals surface area contributed by atoms with E-state index < -0.39 is 0 Å². The summed E-state index contributed by atoms with van der Waals surface area (Å²) >= 11 is 0. The Morgan fingerprint density at radius 1 is 1.09 bits per heavy atom. The van der Waals surface area contributed by atoms with Crippen molar-refractivity contribution in [1.82, 2.24) is 10.6 Å². The van der Waals surface area contributed by atoms with Crippen LogP contribution in [-0.4, -0.2) is 17.5 Å². The molecule has 2 unspecified atom stereocenters. The molecule has 0 bridgehead atoms. The first-order valence-electron chi connectivity index (χ1n) is 8.40. The Hall–Kier alpha value is -1.87. The van der Waals surface area contributed by atoms with Gasteiger partial charge in [0.2, 0.25) is 5.91 Å². The molecule has 0 fully saturated rings. The van der Waals surface area contributed by atoms with Gasteiger partial charge in [0, 0.05) is 11.6 Å². The molecule has 2 rings (SSSR count). The molecule has 0 saturated heterocycles. The second-order valence-corrected chi connectivity index (χ2v) is 6.91. The van der Waals surface area contributed by atoms with Crippen molar-refractivity contribution in [3.8, 4) is 0 Å². The molecule has 3 heteroatoms. The van der Waals surface area contributed by atoms with E-state index in [1.807, 2.05) is 26.8 Å². The monoisotopic (exact) mass is 312 g/mol. The number of carbonyl (C=O) groups is 1. The zero-order valence-corrected chi connectivity index (χ0v) is 14.8. The minimum atomic E-state index is -0.241. The van der Waals surface area contributed by atoms with Crippen molar-refractivity contribution in [2.75, 3.05) is 0 Å². The Balaban J connectivity index is 2.11. The molecule has 2 N–H and O–H groups in total. The fraction of sp³-hybridized carbons (Fsp3) is 0.450. The normalized spacial score (nSPS) is 14.5. The molecule has 2 atom stereocenters. The highest BCUT2D eigenvalue weighted by Gasteiger charge is 2.23. The maximum absolute atomic E-state index is 12.4. The van der Waals surface area contributed by atoms with Gasteiger partial charge in [-0.25, -0.2) is 0 Å². The Morgan fingerprint density at radius 3 is 2.43 bits per heavy atom. The first-order valence-corrected chi connectivity index (χ1v) is 8.40. The number of amides is 1. The van der Waals surface area contributed by atoms with E-state index in [9.17, 15) is 4.79 Å². The largest absolute Gasteiger partial charge is 0.350 e. The molecule has 1 amide bonds. The van der Waals surface area contributed by atoms with Crippen molar-refractivity contribution in [3.05, 3.63) is 48.0 Å². The van der Waals surface area contributed by atoms with Gasteiger partial charge in [-0.05, 0) is 50.5 Å². The zero-order chi connectivity index (χ0) is 17.0. The van der Waals surface area contributed by atoms with Crippen LogP contribution in [-0.2, 0) is 4.79 Å². The fourth-order valence-corrected chi connectivity index (χ4v) is 2.70. The van der Waals surface area contributed by atoms with E-state index >= 15 is 0 Å². The van der Waals surface area contributed by atoms with Crippen molar-refractivity contribution in [1.29, 1.82) is 0 Å². The fourth-order valence-electron chi connectivity index (χ4n) is 2.70. The highest BCUT2D eigenvalue weighted by molar-refractivity contribution is 5.86. The number of rotatable bonds is 6. The van der Waals surface area contributed by atoms with Gasteiger partial charge in [-0.1, -0.05) is 49.4 Å². The molecule has 124 valence electrons. The molecular formula is C20H28N2O. The van der Waals surface area contributed by atoms with E-state index in [0.717, 1.165) is 6.42 Å². The van der Waals surface area contributed by atoms with Crippen LogP contribution in [0.5, 0.6) is 0 Å². The summed E-state index contributed by atoms with van der Waals surface area (Å²) in [6, 6.07) is 14.5. The number of hydrogen-bond acceptors (Lipinski definition) is 2. The summed E-state index contributed by atoms with van der Waals surface area (Å²) in [5, 5.41) is 8.98.